The van der Waals surface area contributed by atoms with Crippen molar-refractivity contribution in [2.24, 2.45) is 0 Å². The quantitative estimate of drug-likeness (QED) is 0.884. The van der Waals surface area contributed by atoms with E-state index in [1.165, 1.54) is 0 Å². The van der Waals surface area contributed by atoms with E-state index in [9.17, 15) is 9.59 Å². The first-order valence-corrected chi connectivity index (χ1v) is 7.27. The van der Waals surface area contributed by atoms with Crippen molar-refractivity contribution >= 4 is 17.6 Å². The van der Waals surface area contributed by atoms with Crippen LogP contribution in [0.25, 0.3) is 0 Å². The van der Waals surface area contributed by atoms with E-state index >= 15 is 0 Å². The summed E-state index contributed by atoms with van der Waals surface area (Å²) in [5.41, 5.74) is 4.38. The zero-order valence-electron chi connectivity index (χ0n) is 12.4. The van der Waals surface area contributed by atoms with E-state index in [4.69, 9.17) is 4.74 Å². The maximum Gasteiger partial charge on any atom is 0.338 e. The third kappa shape index (κ3) is 3.17. The lowest BCUT2D eigenvalue weighted by Gasteiger charge is -2.17. The minimum Gasteiger partial charge on any atom is -0.457 e. The van der Waals surface area contributed by atoms with Crippen LogP contribution in [0.5, 0.6) is 0 Å². The summed E-state index contributed by atoms with van der Waals surface area (Å²) >= 11 is 0. The van der Waals surface area contributed by atoms with Crippen LogP contribution in [0.1, 0.15) is 33.5 Å². The second kappa shape index (κ2) is 6.02. The van der Waals surface area contributed by atoms with E-state index in [0.717, 1.165) is 22.4 Å². The first-order valence-electron chi connectivity index (χ1n) is 7.27. The fourth-order valence-corrected chi connectivity index (χ4v) is 2.54. The van der Waals surface area contributed by atoms with Gasteiger partial charge in [-0.3, -0.25) is 4.79 Å². The number of carbonyl (C=O) groups is 2. The average molecular weight is 295 g/mol. The maximum atomic E-state index is 12.1. The molecule has 1 N–H and O–H groups in total. The van der Waals surface area contributed by atoms with Crippen LogP contribution >= 0.6 is 0 Å². The molecule has 1 heterocycles. The third-order valence-corrected chi connectivity index (χ3v) is 3.69. The second-order valence-corrected chi connectivity index (χ2v) is 5.49. The Kier molecular flexibility index (Phi) is 3.92. The van der Waals surface area contributed by atoms with Crippen LogP contribution in [-0.2, 0) is 22.6 Å². The lowest BCUT2D eigenvalue weighted by atomic mass is 10.0. The van der Waals surface area contributed by atoms with E-state index in [0.29, 0.717) is 18.4 Å². The van der Waals surface area contributed by atoms with Gasteiger partial charge in [0.15, 0.2) is 0 Å². The molecule has 0 atom stereocenters. The van der Waals surface area contributed by atoms with Gasteiger partial charge in [0.2, 0.25) is 5.91 Å². The van der Waals surface area contributed by atoms with E-state index in [1.807, 2.05) is 31.2 Å². The Morgan fingerprint density at radius 2 is 2.05 bits per heavy atom. The minimum atomic E-state index is -0.346. The van der Waals surface area contributed by atoms with E-state index < -0.39 is 0 Å². The minimum absolute atomic E-state index is 0.0160. The molecule has 0 saturated carbocycles. The molecule has 112 valence electrons. The van der Waals surface area contributed by atoms with Gasteiger partial charge in [-0.2, -0.15) is 0 Å². The molecule has 0 aromatic heterocycles. The van der Waals surface area contributed by atoms with Gasteiger partial charge in [0.25, 0.3) is 0 Å². The van der Waals surface area contributed by atoms with Crippen molar-refractivity contribution in [2.45, 2.75) is 26.4 Å². The molecule has 0 saturated heterocycles. The first kappa shape index (κ1) is 14.3. The number of aryl methyl sites for hydroxylation is 2. The highest BCUT2D eigenvalue weighted by molar-refractivity contribution is 5.96. The van der Waals surface area contributed by atoms with Gasteiger partial charge in [-0.15, -0.1) is 0 Å². The number of fused-ring (bicyclic) bond motifs is 1. The van der Waals surface area contributed by atoms with Gasteiger partial charge in [-0.05, 0) is 42.7 Å². The van der Waals surface area contributed by atoms with Crippen molar-refractivity contribution in [1.29, 1.82) is 0 Å². The van der Waals surface area contributed by atoms with Crippen LogP contribution in [0.3, 0.4) is 0 Å². The molecule has 0 spiro atoms. The summed E-state index contributed by atoms with van der Waals surface area (Å²) in [6, 6.07) is 13.1. The molecule has 0 aliphatic carbocycles. The Bertz CT molecular complexity index is 737. The molecule has 0 unspecified atom stereocenters. The average Bonchev–Trinajstić information content (AvgIpc) is 2.52. The summed E-state index contributed by atoms with van der Waals surface area (Å²) in [5, 5.41) is 2.80. The van der Waals surface area contributed by atoms with Gasteiger partial charge in [0.1, 0.15) is 6.61 Å². The summed E-state index contributed by atoms with van der Waals surface area (Å²) in [5.74, 6) is -0.330. The number of ether oxygens (including phenoxy) is 1. The topological polar surface area (TPSA) is 55.4 Å². The van der Waals surface area contributed by atoms with E-state index in [2.05, 4.69) is 5.32 Å². The number of hydrogen-bond acceptors (Lipinski definition) is 3. The molecule has 2 aromatic carbocycles. The lowest BCUT2D eigenvalue weighted by Crippen LogP contribution is -2.19. The monoisotopic (exact) mass is 295 g/mol. The van der Waals surface area contributed by atoms with Crippen LogP contribution in [0, 0.1) is 6.92 Å². The van der Waals surface area contributed by atoms with E-state index in [1.54, 1.807) is 18.2 Å². The Hall–Kier alpha value is -2.62. The standard InChI is InChI=1S/C18H17NO3/c1-12-3-2-4-13(9-12)11-22-18(21)15-5-7-16-14(10-15)6-8-17(20)19-16/h2-5,7,9-10H,6,8,11H2,1H3,(H,19,20). The smallest absolute Gasteiger partial charge is 0.338 e. The van der Waals surface area contributed by atoms with Gasteiger partial charge in [-0.1, -0.05) is 29.8 Å². The van der Waals surface area contributed by atoms with Crippen LogP contribution in [0.4, 0.5) is 5.69 Å². The summed E-state index contributed by atoms with van der Waals surface area (Å²) < 4.78 is 5.35. The predicted octanol–water partition coefficient (Wildman–Crippen LogP) is 3.24. The summed E-state index contributed by atoms with van der Waals surface area (Å²) in [6.45, 7) is 2.26. The molecule has 0 radical (unpaired) electrons. The Balaban J connectivity index is 1.69. The SMILES string of the molecule is Cc1cccc(COC(=O)c2ccc3c(c2)CCC(=O)N3)c1. The maximum absolute atomic E-state index is 12.1. The molecule has 0 bridgehead atoms. The largest absolute Gasteiger partial charge is 0.457 e. The van der Waals surface area contributed by atoms with Crippen molar-refractivity contribution < 1.29 is 14.3 Å². The van der Waals surface area contributed by atoms with E-state index in [-0.39, 0.29) is 18.5 Å². The fraction of sp³-hybridized carbons (Fsp3) is 0.222. The lowest BCUT2D eigenvalue weighted by molar-refractivity contribution is -0.116. The highest BCUT2D eigenvalue weighted by Gasteiger charge is 2.17. The molecule has 1 aliphatic rings. The number of anilines is 1. The van der Waals surface area contributed by atoms with Crippen LogP contribution < -0.4 is 5.32 Å². The van der Waals surface area contributed by atoms with Crippen molar-refractivity contribution in [3.8, 4) is 0 Å². The molecule has 2 aromatic rings. The van der Waals surface area contributed by atoms with Crippen molar-refractivity contribution in [3.05, 3.63) is 64.7 Å². The molecular formula is C18H17NO3. The number of rotatable bonds is 3. The third-order valence-electron chi connectivity index (χ3n) is 3.69. The summed E-state index contributed by atoms with van der Waals surface area (Å²) in [7, 11) is 0. The molecular weight excluding hydrogens is 278 g/mol. The van der Waals surface area contributed by atoms with Gasteiger partial charge in [0, 0.05) is 12.1 Å². The second-order valence-electron chi connectivity index (χ2n) is 5.49. The van der Waals surface area contributed by atoms with Crippen LogP contribution in [-0.4, -0.2) is 11.9 Å². The normalized spacial score (nSPS) is 13.2. The molecule has 4 nitrogen and oxygen atoms in total. The number of benzene rings is 2. The molecule has 22 heavy (non-hydrogen) atoms. The number of esters is 1. The molecule has 1 aliphatic heterocycles. The first-order chi connectivity index (χ1) is 10.6. The Labute approximate surface area is 129 Å². The summed E-state index contributed by atoms with van der Waals surface area (Å²) in [6.07, 6.45) is 1.11. The van der Waals surface area contributed by atoms with Gasteiger partial charge in [0.05, 0.1) is 5.56 Å². The zero-order valence-corrected chi connectivity index (χ0v) is 12.4. The van der Waals surface area contributed by atoms with Crippen LogP contribution in [0.2, 0.25) is 0 Å². The van der Waals surface area contributed by atoms with Gasteiger partial charge < -0.3 is 10.1 Å². The fourth-order valence-electron chi connectivity index (χ4n) is 2.54. The van der Waals surface area contributed by atoms with Crippen LogP contribution in [0.15, 0.2) is 42.5 Å². The highest BCUT2D eigenvalue weighted by Crippen LogP contribution is 2.24. The van der Waals surface area contributed by atoms with Crippen molar-refractivity contribution in [2.75, 3.05) is 5.32 Å². The molecule has 1 amide bonds. The molecule has 0 fully saturated rings. The molecule has 3 rings (SSSR count). The summed E-state index contributed by atoms with van der Waals surface area (Å²) in [4.78, 5) is 23.5. The van der Waals surface area contributed by atoms with Gasteiger partial charge >= 0.3 is 5.97 Å². The zero-order chi connectivity index (χ0) is 15.5. The Morgan fingerprint density at radius 3 is 2.86 bits per heavy atom. The van der Waals surface area contributed by atoms with Gasteiger partial charge in [-0.25, -0.2) is 4.79 Å². The van der Waals surface area contributed by atoms with Crippen molar-refractivity contribution in [3.63, 3.8) is 0 Å². The number of nitrogens with one attached hydrogen (secondary N) is 1. The van der Waals surface area contributed by atoms with Crippen molar-refractivity contribution in [1.82, 2.24) is 0 Å². The molecule has 4 heteroatoms. The number of carbonyl (C=O) groups excluding carboxylic acids is 2. The Morgan fingerprint density at radius 1 is 1.18 bits per heavy atom. The highest BCUT2D eigenvalue weighted by atomic mass is 16.5. The predicted molar refractivity (Wildman–Crippen MR) is 83.7 cm³/mol. The number of hydrogen-bond donors (Lipinski definition) is 1. The number of amides is 1.